The first-order valence-corrected chi connectivity index (χ1v) is 9.56. The number of oxime groups is 1. The number of nitrogens with zero attached hydrogens (tertiary/aromatic N) is 1. The minimum absolute atomic E-state index is 0.190. The van der Waals surface area contributed by atoms with Gasteiger partial charge >= 0.3 is 5.97 Å². The van der Waals surface area contributed by atoms with E-state index in [4.69, 9.17) is 23.8 Å². The van der Waals surface area contributed by atoms with E-state index >= 15 is 0 Å². The highest BCUT2D eigenvalue weighted by molar-refractivity contribution is 6.12. The van der Waals surface area contributed by atoms with Crippen molar-refractivity contribution in [2.24, 2.45) is 11.1 Å². The van der Waals surface area contributed by atoms with E-state index in [-0.39, 0.29) is 31.4 Å². The van der Waals surface area contributed by atoms with Gasteiger partial charge in [-0.25, -0.2) is 0 Å². The Hall–Kier alpha value is -3.22. The van der Waals surface area contributed by atoms with Crippen LogP contribution in [0.3, 0.4) is 0 Å². The summed E-state index contributed by atoms with van der Waals surface area (Å²) in [6, 6.07) is 13.1. The van der Waals surface area contributed by atoms with E-state index in [1.54, 1.807) is 14.0 Å². The van der Waals surface area contributed by atoms with Gasteiger partial charge in [0.15, 0.2) is 11.5 Å². The normalized spacial score (nSPS) is 22.4. The number of ether oxygens (including phenoxy) is 4. The van der Waals surface area contributed by atoms with E-state index in [1.807, 2.05) is 49.4 Å². The van der Waals surface area contributed by atoms with Crippen LogP contribution < -0.4 is 14.2 Å². The molecule has 29 heavy (non-hydrogen) atoms. The Morgan fingerprint density at radius 3 is 2.62 bits per heavy atom. The van der Waals surface area contributed by atoms with Crippen LogP contribution in [0.5, 0.6) is 17.2 Å². The van der Waals surface area contributed by atoms with Crippen molar-refractivity contribution >= 4 is 11.7 Å². The third-order valence-corrected chi connectivity index (χ3v) is 5.18. The highest BCUT2D eigenvalue weighted by Crippen LogP contribution is 2.41. The number of carbonyl (C=O) groups is 1. The number of fused-ring (bicyclic) bond motifs is 1. The van der Waals surface area contributed by atoms with Crippen molar-refractivity contribution in [3.8, 4) is 17.2 Å². The highest BCUT2D eigenvalue weighted by atomic mass is 16.7. The van der Waals surface area contributed by atoms with Crippen molar-refractivity contribution < 1.29 is 28.6 Å². The molecule has 0 saturated heterocycles. The number of esters is 1. The summed E-state index contributed by atoms with van der Waals surface area (Å²) in [5, 5.41) is 4.29. The van der Waals surface area contributed by atoms with Crippen molar-refractivity contribution in [1.29, 1.82) is 0 Å². The smallest absolute Gasteiger partial charge is 0.315 e. The molecule has 7 nitrogen and oxygen atoms in total. The van der Waals surface area contributed by atoms with Gasteiger partial charge in [-0.05, 0) is 55.8 Å². The van der Waals surface area contributed by atoms with Crippen molar-refractivity contribution in [3.05, 3.63) is 53.6 Å². The third-order valence-electron chi connectivity index (χ3n) is 5.18. The van der Waals surface area contributed by atoms with Crippen LogP contribution in [0.25, 0.3) is 0 Å². The second-order valence-corrected chi connectivity index (χ2v) is 6.88. The molecule has 0 fully saturated rings. The highest BCUT2D eigenvalue weighted by Gasteiger charge is 2.43. The zero-order valence-corrected chi connectivity index (χ0v) is 16.6. The van der Waals surface area contributed by atoms with Crippen LogP contribution in [-0.2, 0) is 14.4 Å². The monoisotopic (exact) mass is 397 g/mol. The number of benzene rings is 2. The Balaban J connectivity index is 1.76. The third kappa shape index (κ3) is 3.60. The molecule has 2 aliphatic rings. The lowest BCUT2D eigenvalue weighted by Gasteiger charge is -2.34. The van der Waals surface area contributed by atoms with E-state index in [0.717, 1.165) is 16.9 Å². The minimum Gasteiger partial charge on any atom is -0.497 e. The fraction of sp³-hybridized carbons (Fsp3) is 0.364. The Morgan fingerprint density at radius 2 is 1.90 bits per heavy atom. The van der Waals surface area contributed by atoms with Gasteiger partial charge in [-0.2, -0.15) is 0 Å². The van der Waals surface area contributed by atoms with Crippen LogP contribution >= 0.6 is 0 Å². The van der Waals surface area contributed by atoms with Crippen LogP contribution in [0.1, 0.15) is 30.9 Å². The summed E-state index contributed by atoms with van der Waals surface area (Å²) in [6.45, 7) is 4.17. The van der Waals surface area contributed by atoms with Gasteiger partial charge in [0.25, 0.3) is 0 Å². The molecule has 0 aliphatic carbocycles. The molecule has 0 N–H and O–H groups in total. The second-order valence-electron chi connectivity index (χ2n) is 6.88. The Morgan fingerprint density at radius 1 is 1.14 bits per heavy atom. The lowest BCUT2D eigenvalue weighted by molar-refractivity contribution is -0.148. The number of hydrogen-bond donors (Lipinski definition) is 0. The Kier molecular flexibility index (Phi) is 5.29. The summed E-state index contributed by atoms with van der Waals surface area (Å²) in [6.07, 6.45) is -0.327. The number of methoxy groups -OCH3 is 1. The predicted octanol–water partition coefficient (Wildman–Crippen LogP) is 3.51. The first kappa shape index (κ1) is 19.1. The Labute approximate surface area is 169 Å². The molecule has 2 aromatic carbocycles. The lowest BCUT2D eigenvalue weighted by atomic mass is 9.77. The maximum atomic E-state index is 13.0. The summed E-state index contributed by atoms with van der Waals surface area (Å²) >= 11 is 0. The fourth-order valence-corrected chi connectivity index (χ4v) is 3.77. The molecule has 2 heterocycles. The van der Waals surface area contributed by atoms with Crippen LogP contribution in [0.2, 0.25) is 0 Å². The summed E-state index contributed by atoms with van der Waals surface area (Å²) in [5.41, 5.74) is 2.22. The van der Waals surface area contributed by atoms with Gasteiger partial charge in [-0.1, -0.05) is 11.2 Å². The lowest BCUT2D eigenvalue weighted by Crippen LogP contribution is -2.41. The van der Waals surface area contributed by atoms with Gasteiger partial charge in [-0.3, -0.25) is 4.79 Å². The maximum absolute atomic E-state index is 13.0. The van der Waals surface area contributed by atoms with Crippen molar-refractivity contribution in [3.63, 3.8) is 0 Å². The Bertz CT molecular complexity index is 923. The summed E-state index contributed by atoms with van der Waals surface area (Å²) < 4.78 is 21.6. The first-order valence-electron chi connectivity index (χ1n) is 9.56. The van der Waals surface area contributed by atoms with Crippen molar-refractivity contribution in [2.45, 2.75) is 25.9 Å². The SMILES string of the molecule is CCOC(=O)C1C(c2ccc(OC)cc2)=NOC(C)C1c1ccc2c(c1)OCO2. The van der Waals surface area contributed by atoms with Gasteiger partial charge < -0.3 is 23.8 Å². The van der Waals surface area contributed by atoms with Crippen molar-refractivity contribution in [1.82, 2.24) is 0 Å². The average Bonchev–Trinajstić information content (AvgIpc) is 3.21. The largest absolute Gasteiger partial charge is 0.497 e. The molecule has 4 rings (SSSR count). The van der Waals surface area contributed by atoms with Gasteiger partial charge in [0, 0.05) is 11.5 Å². The number of carbonyl (C=O) groups excluding carboxylic acids is 1. The molecule has 7 heteroatoms. The van der Waals surface area contributed by atoms with Crippen LogP contribution in [0.15, 0.2) is 47.6 Å². The summed E-state index contributed by atoms with van der Waals surface area (Å²) in [7, 11) is 1.61. The minimum atomic E-state index is -0.618. The summed E-state index contributed by atoms with van der Waals surface area (Å²) in [5.74, 6) is 0.825. The second kappa shape index (κ2) is 8.03. The molecular weight excluding hydrogens is 374 g/mol. The fourth-order valence-electron chi connectivity index (χ4n) is 3.77. The maximum Gasteiger partial charge on any atom is 0.315 e. The standard InChI is InChI=1S/C22H23NO6/c1-4-26-22(24)20-19(15-7-10-17-18(11-15)28-12-27-17)13(2)29-23-21(20)14-5-8-16(25-3)9-6-14/h5-11,13,19-20H,4,12H2,1-3H3. The molecule has 0 spiro atoms. The van der Waals surface area contributed by atoms with E-state index < -0.39 is 5.92 Å². The van der Waals surface area contributed by atoms with Gasteiger partial charge in [0.2, 0.25) is 6.79 Å². The van der Waals surface area contributed by atoms with E-state index in [2.05, 4.69) is 5.16 Å². The van der Waals surface area contributed by atoms with Crippen LogP contribution in [-0.4, -0.2) is 38.3 Å². The predicted molar refractivity (Wildman–Crippen MR) is 106 cm³/mol. The molecule has 0 aromatic heterocycles. The number of hydrogen-bond acceptors (Lipinski definition) is 7. The van der Waals surface area contributed by atoms with E-state index in [9.17, 15) is 4.79 Å². The first-order chi connectivity index (χ1) is 14.1. The van der Waals surface area contributed by atoms with E-state index in [1.165, 1.54) is 0 Å². The number of rotatable bonds is 5. The molecule has 2 aromatic rings. The molecule has 0 bridgehead atoms. The zero-order valence-electron chi connectivity index (χ0n) is 16.6. The quantitative estimate of drug-likeness (QED) is 0.719. The van der Waals surface area contributed by atoms with Crippen molar-refractivity contribution in [2.75, 3.05) is 20.5 Å². The topological polar surface area (TPSA) is 75.6 Å². The molecule has 3 unspecified atom stereocenters. The van der Waals surface area contributed by atoms with Crippen LogP contribution in [0, 0.1) is 5.92 Å². The summed E-state index contributed by atoms with van der Waals surface area (Å²) in [4.78, 5) is 18.8. The molecule has 0 saturated carbocycles. The average molecular weight is 397 g/mol. The molecule has 0 radical (unpaired) electrons. The molecule has 2 aliphatic heterocycles. The van der Waals surface area contributed by atoms with Gasteiger partial charge in [-0.15, -0.1) is 0 Å². The van der Waals surface area contributed by atoms with Gasteiger partial charge in [0.1, 0.15) is 23.5 Å². The molecule has 3 atom stereocenters. The van der Waals surface area contributed by atoms with Gasteiger partial charge in [0.05, 0.1) is 13.7 Å². The van der Waals surface area contributed by atoms with E-state index in [0.29, 0.717) is 17.2 Å². The molecule has 0 amide bonds. The molecule has 152 valence electrons. The molecular formula is C22H23NO6. The zero-order chi connectivity index (χ0) is 20.4. The van der Waals surface area contributed by atoms with Crippen LogP contribution in [0.4, 0.5) is 0 Å².